The van der Waals surface area contributed by atoms with E-state index in [0.717, 1.165) is 29.7 Å². The molecular formula is C24H43N2O3+. The maximum atomic E-state index is 10.8. The zero-order valence-electron chi connectivity index (χ0n) is 18.8. The molecule has 1 N–H and O–H groups in total. The normalized spacial score (nSPS) is 13.3. The Hall–Kier alpha value is -1.46. The Balaban J connectivity index is 2.20. The summed E-state index contributed by atoms with van der Waals surface area (Å²) in [4.78, 5) is 10.4. The second kappa shape index (κ2) is 15.4. The molecule has 29 heavy (non-hydrogen) atoms. The maximum Gasteiger partial charge on any atom is 0.269 e. The minimum absolute atomic E-state index is 0.131. The van der Waals surface area contributed by atoms with Gasteiger partial charge in [0.15, 0.2) is 0 Å². The van der Waals surface area contributed by atoms with Crippen molar-refractivity contribution in [1.29, 1.82) is 0 Å². The number of aliphatic hydroxyl groups is 1. The number of unbranched alkanes of at least 4 members (excludes halogenated alkanes) is 11. The first-order chi connectivity index (χ1) is 14.0. The predicted octanol–water partition coefficient (Wildman–Crippen LogP) is 6.23. The summed E-state index contributed by atoms with van der Waals surface area (Å²) in [5.74, 6) is 0. The summed E-state index contributed by atoms with van der Waals surface area (Å²) in [5, 5.41) is 20.3. The lowest BCUT2D eigenvalue weighted by Gasteiger charge is -2.34. The van der Waals surface area contributed by atoms with Gasteiger partial charge >= 0.3 is 0 Å². The lowest BCUT2D eigenvalue weighted by molar-refractivity contribution is -0.923. The van der Waals surface area contributed by atoms with E-state index in [1.165, 1.54) is 77.0 Å². The number of hydrogen-bond acceptors (Lipinski definition) is 3. The second-order valence-corrected chi connectivity index (χ2v) is 8.76. The highest BCUT2D eigenvalue weighted by atomic mass is 16.6. The van der Waals surface area contributed by atoms with Gasteiger partial charge in [-0.1, -0.05) is 71.1 Å². The predicted molar refractivity (Wildman–Crippen MR) is 121 cm³/mol. The topological polar surface area (TPSA) is 63.4 Å². The molecule has 0 aliphatic heterocycles. The van der Waals surface area contributed by atoms with E-state index in [1.54, 1.807) is 12.1 Å². The molecular weight excluding hydrogens is 364 g/mol. The van der Waals surface area contributed by atoms with Crippen LogP contribution < -0.4 is 0 Å². The Labute approximate surface area is 177 Å². The van der Waals surface area contributed by atoms with Crippen LogP contribution in [0.1, 0.15) is 89.5 Å². The number of nitro benzene ring substituents is 1. The van der Waals surface area contributed by atoms with E-state index in [0.29, 0.717) is 0 Å². The van der Waals surface area contributed by atoms with Crippen molar-refractivity contribution in [1.82, 2.24) is 0 Å². The summed E-state index contributed by atoms with van der Waals surface area (Å²) in [6.07, 6.45) is 16.1. The van der Waals surface area contributed by atoms with E-state index in [1.807, 2.05) is 12.1 Å². The fourth-order valence-corrected chi connectivity index (χ4v) is 4.01. The third kappa shape index (κ3) is 12.0. The number of aliphatic hydroxyl groups excluding tert-OH is 1. The van der Waals surface area contributed by atoms with Gasteiger partial charge in [0.05, 0.1) is 25.1 Å². The molecule has 1 rings (SSSR count). The molecule has 5 nitrogen and oxygen atoms in total. The lowest BCUT2D eigenvalue weighted by Crippen LogP contribution is -2.46. The maximum absolute atomic E-state index is 10.8. The van der Waals surface area contributed by atoms with Gasteiger partial charge < -0.3 is 9.59 Å². The zero-order chi connectivity index (χ0) is 21.4. The number of quaternary nitrogens is 1. The summed E-state index contributed by atoms with van der Waals surface area (Å²) >= 11 is 0. The van der Waals surface area contributed by atoms with Crippen LogP contribution in [0.2, 0.25) is 0 Å². The first-order valence-corrected chi connectivity index (χ1v) is 11.7. The van der Waals surface area contributed by atoms with Gasteiger partial charge in [0.2, 0.25) is 0 Å². The molecule has 1 atom stereocenters. The van der Waals surface area contributed by atoms with Gasteiger partial charge in [-0.15, -0.1) is 0 Å². The molecule has 0 bridgehead atoms. The van der Waals surface area contributed by atoms with Gasteiger partial charge in [-0.25, -0.2) is 0 Å². The molecule has 0 radical (unpaired) electrons. The minimum Gasteiger partial charge on any atom is -0.391 e. The van der Waals surface area contributed by atoms with Crippen molar-refractivity contribution in [3.8, 4) is 0 Å². The van der Waals surface area contributed by atoms with Gasteiger partial charge in [0, 0.05) is 17.7 Å². The quantitative estimate of drug-likeness (QED) is 0.136. The highest BCUT2D eigenvalue weighted by molar-refractivity contribution is 5.32. The average molecular weight is 408 g/mol. The van der Waals surface area contributed by atoms with Crippen molar-refractivity contribution < 1.29 is 14.5 Å². The SMILES string of the molecule is CCCCCCCCCCCCCC[N+](C)(CCO)Cc1ccc([N+](=O)[O-])cc1. The highest BCUT2D eigenvalue weighted by Gasteiger charge is 2.21. The molecule has 0 saturated heterocycles. The van der Waals surface area contributed by atoms with Crippen molar-refractivity contribution in [3.05, 3.63) is 39.9 Å². The lowest BCUT2D eigenvalue weighted by atomic mass is 10.0. The van der Waals surface area contributed by atoms with Crippen LogP contribution in [0.3, 0.4) is 0 Å². The van der Waals surface area contributed by atoms with Crippen molar-refractivity contribution in [3.63, 3.8) is 0 Å². The summed E-state index contributed by atoms with van der Waals surface area (Å²) < 4.78 is 0.784. The molecule has 1 aromatic rings. The van der Waals surface area contributed by atoms with E-state index in [4.69, 9.17) is 0 Å². The van der Waals surface area contributed by atoms with E-state index in [2.05, 4.69) is 14.0 Å². The monoisotopic (exact) mass is 407 g/mol. The Bertz CT molecular complexity index is 548. The highest BCUT2D eigenvalue weighted by Crippen LogP contribution is 2.18. The van der Waals surface area contributed by atoms with Crippen LogP contribution in [0.25, 0.3) is 0 Å². The third-order valence-electron chi connectivity index (χ3n) is 5.90. The number of nitro groups is 1. The van der Waals surface area contributed by atoms with Crippen LogP contribution >= 0.6 is 0 Å². The molecule has 0 heterocycles. The van der Waals surface area contributed by atoms with Gasteiger partial charge in [-0.05, 0) is 25.0 Å². The minimum atomic E-state index is -0.363. The van der Waals surface area contributed by atoms with Crippen LogP contribution in [0.5, 0.6) is 0 Å². The molecule has 0 saturated carbocycles. The van der Waals surface area contributed by atoms with Crippen LogP contribution in [-0.2, 0) is 6.54 Å². The summed E-state index contributed by atoms with van der Waals surface area (Å²) in [6, 6.07) is 6.83. The molecule has 166 valence electrons. The summed E-state index contributed by atoms with van der Waals surface area (Å²) in [5.41, 5.74) is 1.22. The fourth-order valence-electron chi connectivity index (χ4n) is 4.01. The fraction of sp³-hybridized carbons (Fsp3) is 0.750. The van der Waals surface area contributed by atoms with Crippen LogP contribution in [0.15, 0.2) is 24.3 Å². The Kier molecular flexibility index (Phi) is 13.6. The Morgan fingerprint density at radius 1 is 0.828 bits per heavy atom. The molecule has 0 aromatic heterocycles. The third-order valence-corrected chi connectivity index (χ3v) is 5.90. The van der Waals surface area contributed by atoms with Gasteiger partial charge in [-0.3, -0.25) is 10.1 Å². The largest absolute Gasteiger partial charge is 0.391 e. The molecule has 0 fully saturated rings. The first kappa shape index (κ1) is 25.6. The van der Waals surface area contributed by atoms with Crippen LogP contribution in [0.4, 0.5) is 5.69 Å². The standard InChI is InChI=1S/C24H43N2O3/c1-3-4-5-6-7-8-9-10-11-12-13-14-19-26(2,20-21-27)22-23-15-17-24(18-16-23)25(28)29/h15-18,27H,3-14,19-22H2,1-2H3/q+1. The number of likely N-dealkylation sites (N-methyl/N-ethyl adjacent to an activating group) is 1. The van der Waals surface area contributed by atoms with E-state index < -0.39 is 0 Å². The molecule has 0 aliphatic carbocycles. The Morgan fingerprint density at radius 2 is 1.31 bits per heavy atom. The number of nitrogens with zero attached hydrogens (tertiary/aromatic N) is 2. The van der Waals surface area contributed by atoms with E-state index in [9.17, 15) is 15.2 Å². The summed E-state index contributed by atoms with van der Waals surface area (Å²) in [7, 11) is 2.18. The van der Waals surface area contributed by atoms with E-state index >= 15 is 0 Å². The molecule has 1 unspecified atom stereocenters. The van der Waals surface area contributed by atoms with Gasteiger partial charge in [-0.2, -0.15) is 0 Å². The van der Waals surface area contributed by atoms with Crippen molar-refractivity contribution in [2.45, 2.75) is 90.5 Å². The summed E-state index contributed by atoms with van der Waals surface area (Å²) in [6.45, 7) is 4.99. The number of hydrogen-bond donors (Lipinski definition) is 1. The van der Waals surface area contributed by atoms with Crippen LogP contribution in [-0.4, -0.2) is 41.3 Å². The molecule has 0 aliphatic rings. The van der Waals surface area contributed by atoms with Crippen molar-refractivity contribution in [2.24, 2.45) is 0 Å². The molecule has 5 heteroatoms. The number of rotatable bonds is 18. The molecule has 0 spiro atoms. The van der Waals surface area contributed by atoms with Crippen LogP contribution in [0, 0.1) is 10.1 Å². The molecule has 0 amide bonds. The van der Waals surface area contributed by atoms with Crippen molar-refractivity contribution in [2.75, 3.05) is 26.7 Å². The number of non-ortho nitro benzene ring substituents is 1. The van der Waals surface area contributed by atoms with Gasteiger partial charge in [0.1, 0.15) is 13.1 Å². The second-order valence-electron chi connectivity index (χ2n) is 8.76. The zero-order valence-corrected chi connectivity index (χ0v) is 18.8. The van der Waals surface area contributed by atoms with Gasteiger partial charge in [0.25, 0.3) is 5.69 Å². The average Bonchev–Trinajstić information content (AvgIpc) is 2.69. The Morgan fingerprint density at radius 3 is 1.76 bits per heavy atom. The smallest absolute Gasteiger partial charge is 0.269 e. The number of benzene rings is 1. The van der Waals surface area contributed by atoms with E-state index in [-0.39, 0.29) is 17.2 Å². The molecule has 1 aromatic carbocycles. The van der Waals surface area contributed by atoms with Crippen molar-refractivity contribution >= 4 is 5.69 Å². The first-order valence-electron chi connectivity index (χ1n) is 11.7.